The number of rotatable bonds is 3. The van der Waals surface area contributed by atoms with Crippen molar-refractivity contribution in [2.75, 3.05) is 13.7 Å². The Labute approximate surface area is 80.6 Å². The summed E-state index contributed by atoms with van der Waals surface area (Å²) in [6.07, 6.45) is 5.97. The van der Waals surface area contributed by atoms with Gasteiger partial charge < -0.3 is 9.84 Å². The first-order valence-corrected chi connectivity index (χ1v) is 5.11. The van der Waals surface area contributed by atoms with E-state index in [0.29, 0.717) is 6.10 Å². The molecule has 1 aliphatic carbocycles. The Kier molecular flexibility index (Phi) is 4.46. The first-order valence-electron chi connectivity index (χ1n) is 5.11. The molecule has 0 spiro atoms. The second-order valence-electron chi connectivity index (χ2n) is 3.75. The third-order valence-corrected chi connectivity index (χ3v) is 2.87. The van der Waals surface area contributed by atoms with Crippen molar-refractivity contribution in [3.63, 3.8) is 0 Å². The molecule has 1 N–H and O–H groups in total. The van der Waals surface area contributed by atoms with Gasteiger partial charge in [-0.2, -0.15) is 0 Å². The number of hydrogen-bond acceptors (Lipinski definition) is 2. The minimum atomic E-state index is 0.256. The first kappa shape index (κ1) is 10.7. The Balaban J connectivity index is 2.66. The fraction of sp³-hybridized carbons (Fsp3) is 0.818. The zero-order valence-electron chi connectivity index (χ0n) is 8.68. The van der Waals surface area contributed by atoms with E-state index in [1.165, 1.54) is 24.0 Å². The molecule has 76 valence electrons. The smallest absolute Gasteiger partial charge is 0.0783 e. The molecule has 13 heavy (non-hydrogen) atoms. The van der Waals surface area contributed by atoms with Crippen LogP contribution in [0.5, 0.6) is 0 Å². The van der Waals surface area contributed by atoms with Crippen molar-refractivity contribution < 1.29 is 9.84 Å². The molecule has 1 aliphatic rings. The summed E-state index contributed by atoms with van der Waals surface area (Å²) in [4.78, 5) is 0. The Bertz CT molecular complexity index is 185. The Morgan fingerprint density at radius 1 is 1.54 bits per heavy atom. The summed E-state index contributed by atoms with van der Waals surface area (Å²) in [6, 6.07) is 0. The fourth-order valence-electron chi connectivity index (χ4n) is 2.06. The summed E-state index contributed by atoms with van der Waals surface area (Å²) < 4.78 is 5.43. The molecule has 1 fully saturated rings. The Morgan fingerprint density at radius 3 is 2.92 bits per heavy atom. The molecule has 0 aromatic heterocycles. The molecule has 0 radical (unpaired) electrons. The van der Waals surface area contributed by atoms with E-state index in [2.05, 4.69) is 6.92 Å². The summed E-state index contributed by atoms with van der Waals surface area (Å²) in [7, 11) is 1.78. The third-order valence-electron chi connectivity index (χ3n) is 2.87. The van der Waals surface area contributed by atoms with Crippen LogP contribution in [0.3, 0.4) is 0 Å². The quantitative estimate of drug-likeness (QED) is 0.682. The number of methoxy groups -OCH3 is 1. The summed E-state index contributed by atoms with van der Waals surface area (Å²) >= 11 is 0. The highest BCUT2D eigenvalue weighted by Gasteiger charge is 2.19. The van der Waals surface area contributed by atoms with Crippen LogP contribution >= 0.6 is 0 Å². The highest BCUT2D eigenvalue weighted by Crippen LogP contribution is 2.29. The first-order chi connectivity index (χ1) is 6.29. The molecule has 1 rings (SSSR count). The van der Waals surface area contributed by atoms with E-state index in [-0.39, 0.29) is 6.61 Å². The van der Waals surface area contributed by atoms with Crippen molar-refractivity contribution in [2.45, 2.75) is 45.1 Å². The van der Waals surface area contributed by atoms with Crippen LogP contribution in [-0.2, 0) is 4.74 Å². The van der Waals surface area contributed by atoms with Crippen molar-refractivity contribution in [1.29, 1.82) is 0 Å². The lowest BCUT2D eigenvalue weighted by molar-refractivity contribution is 0.108. The van der Waals surface area contributed by atoms with E-state index >= 15 is 0 Å². The van der Waals surface area contributed by atoms with Crippen molar-refractivity contribution in [1.82, 2.24) is 0 Å². The zero-order chi connectivity index (χ0) is 9.68. The lowest BCUT2D eigenvalue weighted by atomic mass is 9.88. The Morgan fingerprint density at radius 2 is 2.31 bits per heavy atom. The molecule has 1 unspecified atom stereocenters. The highest BCUT2D eigenvalue weighted by atomic mass is 16.5. The van der Waals surface area contributed by atoms with E-state index in [9.17, 15) is 0 Å². The lowest BCUT2D eigenvalue weighted by Crippen LogP contribution is -2.19. The van der Waals surface area contributed by atoms with Crippen molar-refractivity contribution in [3.05, 3.63) is 11.1 Å². The second kappa shape index (κ2) is 5.40. The molecule has 0 bridgehead atoms. The number of aliphatic hydroxyl groups excluding tert-OH is 1. The van der Waals surface area contributed by atoms with Gasteiger partial charge in [0.15, 0.2) is 0 Å². The van der Waals surface area contributed by atoms with Crippen LogP contribution in [0.25, 0.3) is 0 Å². The molecule has 1 atom stereocenters. The van der Waals surface area contributed by atoms with E-state index in [1.807, 2.05) is 0 Å². The largest absolute Gasteiger partial charge is 0.396 e. The van der Waals surface area contributed by atoms with Crippen LogP contribution in [0.4, 0.5) is 0 Å². The van der Waals surface area contributed by atoms with Gasteiger partial charge in [-0.15, -0.1) is 0 Å². The van der Waals surface area contributed by atoms with Crippen molar-refractivity contribution >= 4 is 0 Å². The number of ether oxygens (including phenoxy) is 1. The number of aliphatic hydroxyl groups is 1. The van der Waals surface area contributed by atoms with Crippen molar-refractivity contribution in [3.8, 4) is 0 Å². The van der Waals surface area contributed by atoms with Gasteiger partial charge >= 0.3 is 0 Å². The molecule has 0 aromatic carbocycles. The van der Waals surface area contributed by atoms with Crippen LogP contribution in [0.1, 0.15) is 39.0 Å². The predicted molar refractivity (Wildman–Crippen MR) is 53.7 cm³/mol. The summed E-state index contributed by atoms with van der Waals surface area (Å²) in [5.74, 6) is 0. The van der Waals surface area contributed by atoms with Gasteiger partial charge in [0.05, 0.1) is 6.10 Å². The predicted octanol–water partition coefficient (Wildman–Crippen LogP) is 2.27. The minimum Gasteiger partial charge on any atom is -0.396 e. The van der Waals surface area contributed by atoms with Crippen LogP contribution in [0.2, 0.25) is 0 Å². The van der Waals surface area contributed by atoms with Gasteiger partial charge in [-0.05, 0) is 38.2 Å². The van der Waals surface area contributed by atoms with Crippen LogP contribution < -0.4 is 0 Å². The molecule has 1 saturated carbocycles. The molecular formula is C11H20O2. The normalized spacial score (nSPS) is 27.5. The molecule has 0 aliphatic heterocycles. The average Bonchev–Trinajstić information content (AvgIpc) is 2.18. The summed E-state index contributed by atoms with van der Waals surface area (Å²) in [5, 5.41) is 8.85. The SMILES string of the molecule is COC1CCCC/C1=C(/C)CCO. The van der Waals surface area contributed by atoms with Gasteiger partial charge in [-0.3, -0.25) is 0 Å². The lowest BCUT2D eigenvalue weighted by Gasteiger charge is -2.26. The van der Waals surface area contributed by atoms with Gasteiger partial charge in [0.25, 0.3) is 0 Å². The van der Waals surface area contributed by atoms with E-state index in [4.69, 9.17) is 9.84 Å². The van der Waals surface area contributed by atoms with E-state index < -0.39 is 0 Å². The maximum Gasteiger partial charge on any atom is 0.0783 e. The second-order valence-corrected chi connectivity index (χ2v) is 3.75. The van der Waals surface area contributed by atoms with Crippen LogP contribution in [-0.4, -0.2) is 24.9 Å². The van der Waals surface area contributed by atoms with Crippen LogP contribution in [0, 0.1) is 0 Å². The van der Waals surface area contributed by atoms with E-state index in [1.54, 1.807) is 7.11 Å². The van der Waals surface area contributed by atoms with E-state index in [0.717, 1.165) is 19.3 Å². The standard InChI is InChI=1S/C11H20O2/c1-9(7-8-12)10-5-3-4-6-11(10)13-2/h11-12H,3-8H2,1-2H3/b10-9+. The molecule has 0 saturated heterocycles. The maximum absolute atomic E-state index is 8.85. The zero-order valence-corrected chi connectivity index (χ0v) is 8.68. The van der Waals surface area contributed by atoms with Crippen LogP contribution in [0.15, 0.2) is 11.1 Å². The topological polar surface area (TPSA) is 29.5 Å². The molecule has 0 amide bonds. The van der Waals surface area contributed by atoms with Gasteiger partial charge in [0.1, 0.15) is 0 Å². The number of hydrogen-bond donors (Lipinski definition) is 1. The van der Waals surface area contributed by atoms with Gasteiger partial charge in [-0.25, -0.2) is 0 Å². The third kappa shape index (κ3) is 2.82. The molecule has 2 heteroatoms. The molecule has 0 heterocycles. The average molecular weight is 184 g/mol. The molecule has 2 nitrogen and oxygen atoms in total. The minimum absolute atomic E-state index is 0.256. The summed E-state index contributed by atoms with van der Waals surface area (Å²) in [6.45, 7) is 2.37. The summed E-state index contributed by atoms with van der Waals surface area (Å²) in [5.41, 5.74) is 2.76. The van der Waals surface area contributed by atoms with Crippen molar-refractivity contribution in [2.24, 2.45) is 0 Å². The van der Waals surface area contributed by atoms with Gasteiger partial charge in [0.2, 0.25) is 0 Å². The monoisotopic (exact) mass is 184 g/mol. The van der Waals surface area contributed by atoms with Gasteiger partial charge in [-0.1, -0.05) is 12.0 Å². The van der Waals surface area contributed by atoms with Gasteiger partial charge in [0, 0.05) is 13.7 Å². The highest BCUT2D eigenvalue weighted by molar-refractivity contribution is 5.18. The Hall–Kier alpha value is -0.340. The molecular weight excluding hydrogens is 164 g/mol. The molecule has 0 aromatic rings. The fourth-order valence-corrected chi connectivity index (χ4v) is 2.06. The maximum atomic E-state index is 8.85.